The summed E-state index contributed by atoms with van der Waals surface area (Å²) >= 11 is 1.93. The molecule has 27 heavy (non-hydrogen) atoms. The van der Waals surface area contributed by atoms with Crippen LogP contribution in [0.5, 0.6) is 0 Å². The molecule has 2 aliphatic rings. The van der Waals surface area contributed by atoms with E-state index in [0.717, 1.165) is 44.3 Å². The molecular formula is C21H36N2O3S. The van der Waals surface area contributed by atoms with Crippen molar-refractivity contribution in [3.8, 4) is 0 Å². The number of carbonyl (C=O) groups is 2. The highest BCUT2D eigenvalue weighted by Crippen LogP contribution is 2.33. The summed E-state index contributed by atoms with van der Waals surface area (Å²) in [6, 6.07) is 0.507. The van der Waals surface area contributed by atoms with Crippen LogP contribution in [0.25, 0.3) is 0 Å². The molecule has 0 aromatic heterocycles. The summed E-state index contributed by atoms with van der Waals surface area (Å²) in [5, 5.41) is 6.44. The van der Waals surface area contributed by atoms with Crippen LogP contribution in [-0.4, -0.2) is 41.7 Å². The Balaban J connectivity index is 1.37. The number of fused-ring (bicyclic) bond motifs is 1. The molecule has 0 aromatic carbocycles. The number of hydrogen-bond acceptors (Lipinski definition) is 4. The minimum atomic E-state index is -0.0628. The van der Waals surface area contributed by atoms with Crippen molar-refractivity contribution in [1.82, 2.24) is 10.6 Å². The Morgan fingerprint density at radius 2 is 1.81 bits per heavy atom. The molecule has 0 radical (unpaired) electrons. The molecule has 154 valence electrons. The highest BCUT2D eigenvalue weighted by Gasteiger charge is 2.42. The zero-order valence-corrected chi connectivity index (χ0v) is 17.4. The zero-order valence-electron chi connectivity index (χ0n) is 16.5. The summed E-state index contributed by atoms with van der Waals surface area (Å²) in [6.45, 7) is 4.30. The van der Waals surface area contributed by atoms with Gasteiger partial charge in [0.1, 0.15) is 0 Å². The maximum atomic E-state index is 11.8. The van der Waals surface area contributed by atoms with Gasteiger partial charge in [0.15, 0.2) is 0 Å². The van der Waals surface area contributed by atoms with E-state index in [9.17, 15) is 9.59 Å². The minimum absolute atomic E-state index is 0.0356. The lowest BCUT2D eigenvalue weighted by Gasteiger charge is -2.16. The molecule has 2 N–H and O–H groups in total. The van der Waals surface area contributed by atoms with Crippen molar-refractivity contribution in [2.75, 3.05) is 12.4 Å². The predicted octanol–water partition coefficient (Wildman–Crippen LogP) is 4.56. The smallest absolute Gasteiger partial charge is 0.315 e. The van der Waals surface area contributed by atoms with Crippen LogP contribution in [0, 0.1) is 0 Å². The normalized spacial score (nSPS) is 23.6. The van der Waals surface area contributed by atoms with Crippen molar-refractivity contribution in [2.45, 2.75) is 94.4 Å². The number of nitrogens with one attached hydrogen (secondary N) is 2. The van der Waals surface area contributed by atoms with Crippen LogP contribution in [-0.2, 0) is 9.53 Å². The van der Waals surface area contributed by atoms with Crippen molar-refractivity contribution in [3.63, 3.8) is 0 Å². The van der Waals surface area contributed by atoms with Gasteiger partial charge in [0, 0.05) is 17.4 Å². The standard InChI is InChI=1S/C21H36N2O3S/c1-2-3-4-5-6-7-8-9-12-15-26-19(24)14-11-10-13-18-20-17(16-27-18)22-21(25)23-20/h2,17-18,20H,1,3-16H2,(H2,22,23,25)/t17-,18-,20-/m0/s1. The molecule has 2 amide bonds. The molecule has 0 spiro atoms. The fourth-order valence-corrected chi connectivity index (χ4v) is 5.33. The summed E-state index contributed by atoms with van der Waals surface area (Å²) < 4.78 is 5.33. The van der Waals surface area contributed by atoms with Crippen LogP contribution < -0.4 is 10.6 Å². The van der Waals surface area contributed by atoms with Crippen molar-refractivity contribution >= 4 is 23.8 Å². The first-order chi connectivity index (χ1) is 13.2. The minimum Gasteiger partial charge on any atom is -0.466 e. The molecule has 5 nitrogen and oxygen atoms in total. The van der Waals surface area contributed by atoms with E-state index in [1.807, 2.05) is 17.8 Å². The van der Waals surface area contributed by atoms with Crippen LogP contribution in [0.15, 0.2) is 12.7 Å². The number of ether oxygens (including phenoxy) is 1. The first-order valence-corrected chi connectivity index (χ1v) is 11.7. The van der Waals surface area contributed by atoms with Gasteiger partial charge in [-0.2, -0.15) is 11.8 Å². The molecule has 2 rings (SSSR count). The van der Waals surface area contributed by atoms with E-state index in [-0.39, 0.29) is 24.1 Å². The number of thioether (sulfide) groups is 1. The van der Waals surface area contributed by atoms with Crippen LogP contribution in [0.4, 0.5) is 4.79 Å². The molecule has 0 saturated carbocycles. The molecule has 2 fully saturated rings. The van der Waals surface area contributed by atoms with Gasteiger partial charge in [-0.1, -0.05) is 44.6 Å². The van der Waals surface area contributed by atoms with E-state index in [2.05, 4.69) is 17.2 Å². The van der Waals surface area contributed by atoms with Crippen molar-refractivity contribution in [3.05, 3.63) is 12.7 Å². The van der Waals surface area contributed by atoms with Crippen molar-refractivity contribution < 1.29 is 14.3 Å². The maximum absolute atomic E-state index is 11.8. The van der Waals surface area contributed by atoms with Gasteiger partial charge >= 0.3 is 12.0 Å². The number of rotatable bonds is 15. The lowest BCUT2D eigenvalue weighted by atomic mass is 10.0. The van der Waals surface area contributed by atoms with E-state index in [4.69, 9.17) is 4.74 Å². The number of urea groups is 1. The molecule has 2 aliphatic heterocycles. The van der Waals surface area contributed by atoms with Crippen LogP contribution in [0.2, 0.25) is 0 Å². The largest absolute Gasteiger partial charge is 0.466 e. The van der Waals surface area contributed by atoms with E-state index >= 15 is 0 Å². The highest BCUT2D eigenvalue weighted by atomic mass is 32.2. The number of unbranched alkanes of at least 4 members (excludes halogenated alkanes) is 8. The Hall–Kier alpha value is -1.17. The quantitative estimate of drug-likeness (QED) is 0.184. The Morgan fingerprint density at radius 1 is 1.07 bits per heavy atom. The number of esters is 1. The molecule has 0 aliphatic carbocycles. The van der Waals surface area contributed by atoms with E-state index < -0.39 is 0 Å². The number of carbonyl (C=O) groups excluding carboxylic acids is 2. The van der Waals surface area contributed by atoms with Crippen LogP contribution >= 0.6 is 11.8 Å². The van der Waals surface area contributed by atoms with Gasteiger partial charge in [0.05, 0.1) is 18.7 Å². The highest BCUT2D eigenvalue weighted by molar-refractivity contribution is 8.00. The van der Waals surface area contributed by atoms with E-state index in [1.165, 1.54) is 32.1 Å². The van der Waals surface area contributed by atoms with E-state index in [1.54, 1.807) is 0 Å². The first-order valence-electron chi connectivity index (χ1n) is 10.7. The Kier molecular flexibility index (Phi) is 10.7. The van der Waals surface area contributed by atoms with Gasteiger partial charge < -0.3 is 15.4 Å². The van der Waals surface area contributed by atoms with Gasteiger partial charge in [-0.25, -0.2) is 4.79 Å². The molecule has 3 atom stereocenters. The fourth-order valence-electron chi connectivity index (χ4n) is 3.79. The molecule has 2 saturated heterocycles. The van der Waals surface area contributed by atoms with E-state index in [0.29, 0.717) is 18.3 Å². The second-order valence-corrected chi connectivity index (χ2v) is 8.91. The van der Waals surface area contributed by atoms with Crippen molar-refractivity contribution in [2.24, 2.45) is 0 Å². The summed E-state index contributed by atoms with van der Waals surface area (Å²) in [4.78, 5) is 23.2. The summed E-state index contributed by atoms with van der Waals surface area (Å²) in [5.74, 6) is 0.928. The van der Waals surface area contributed by atoms with Crippen molar-refractivity contribution in [1.29, 1.82) is 0 Å². The van der Waals surface area contributed by atoms with Crippen LogP contribution in [0.1, 0.15) is 77.0 Å². The second kappa shape index (κ2) is 13.1. The van der Waals surface area contributed by atoms with Gasteiger partial charge in [-0.3, -0.25) is 4.79 Å². The molecule has 2 heterocycles. The number of hydrogen-bond donors (Lipinski definition) is 2. The average Bonchev–Trinajstić information content (AvgIpc) is 3.20. The number of allylic oxidation sites excluding steroid dienone is 1. The zero-order chi connectivity index (χ0) is 19.3. The third kappa shape index (κ3) is 8.58. The van der Waals surface area contributed by atoms with Gasteiger partial charge in [-0.05, 0) is 32.1 Å². The summed E-state index contributed by atoms with van der Waals surface area (Å²) in [7, 11) is 0. The lowest BCUT2D eigenvalue weighted by Crippen LogP contribution is -2.36. The first kappa shape index (κ1) is 22.1. The Morgan fingerprint density at radius 3 is 2.59 bits per heavy atom. The predicted molar refractivity (Wildman–Crippen MR) is 112 cm³/mol. The second-order valence-electron chi connectivity index (χ2n) is 7.64. The fraction of sp³-hybridized carbons (Fsp3) is 0.810. The molecule has 0 unspecified atom stereocenters. The average molecular weight is 397 g/mol. The van der Waals surface area contributed by atoms with Gasteiger partial charge in [0.25, 0.3) is 0 Å². The third-order valence-electron chi connectivity index (χ3n) is 5.37. The number of amides is 2. The van der Waals surface area contributed by atoms with Gasteiger partial charge in [-0.15, -0.1) is 6.58 Å². The monoisotopic (exact) mass is 396 g/mol. The topological polar surface area (TPSA) is 67.4 Å². The molecule has 6 heteroatoms. The lowest BCUT2D eigenvalue weighted by molar-refractivity contribution is -0.143. The molecule has 0 aromatic rings. The SMILES string of the molecule is C=CCCCCCCCCCOC(=O)CCCC[C@@H]1SC[C@@H]2NC(=O)N[C@@H]21. The summed E-state index contributed by atoms with van der Waals surface area (Å²) in [6.07, 6.45) is 15.1. The van der Waals surface area contributed by atoms with Crippen LogP contribution in [0.3, 0.4) is 0 Å². The third-order valence-corrected chi connectivity index (χ3v) is 6.88. The Bertz CT molecular complexity index is 472. The van der Waals surface area contributed by atoms with Gasteiger partial charge in [0.2, 0.25) is 0 Å². The molecular weight excluding hydrogens is 360 g/mol. The Labute approximate surface area is 168 Å². The maximum Gasteiger partial charge on any atom is 0.315 e. The molecule has 0 bridgehead atoms. The summed E-state index contributed by atoms with van der Waals surface area (Å²) in [5.41, 5.74) is 0.